The predicted octanol–water partition coefficient (Wildman–Crippen LogP) is 3.77. The van der Waals surface area contributed by atoms with Crippen molar-refractivity contribution in [1.29, 1.82) is 0 Å². The maximum Gasteiger partial charge on any atom is 0.416 e. The molecule has 2 N–H and O–H groups in total. The van der Waals surface area contributed by atoms with E-state index in [1.165, 1.54) is 28.8 Å². The molecule has 0 saturated heterocycles. The van der Waals surface area contributed by atoms with Crippen LogP contribution in [0.3, 0.4) is 0 Å². The molecule has 0 aliphatic rings. The van der Waals surface area contributed by atoms with Gasteiger partial charge >= 0.3 is 6.18 Å². The Morgan fingerprint density at radius 2 is 1.67 bits per heavy atom. The second-order valence-electron chi connectivity index (χ2n) is 4.46. The number of anilines is 1. The first-order chi connectivity index (χ1) is 9.88. The minimum Gasteiger partial charge on any atom is -0.369 e. The van der Waals surface area contributed by atoms with E-state index in [9.17, 15) is 17.6 Å². The highest BCUT2D eigenvalue weighted by atomic mass is 19.4. The van der Waals surface area contributed by atoms with Gasteiger partial charge in [-0.1, -0.05) is 6.07 Å². The molecule has 0 unspecified atom stereocenters. The van der Waals surface area contributed by atoms with Crippen LogP contribution < -0.4 is 5.73 Å². The number of fused-ring (bicyclic) bond motifs is 1. The first kappa shape index (κ1) is 13.4. The molecular formula is C14H9F4N3. The van der Waals surface area contributed by atoms with Crippen molar-refractivity contribution in [2.75, 3.05) is 5.73 Å². The smallest absolute Gasteiger partial charge is 0.369 e. The third-order valence-corrected chi connectivity index (χ3v) is 3.11. The van der Waals surface area contributed by atoms with Crippen LogP contribution in [0.25, 0.3) is 16.7 Å². The average molecular weight is 295 g/mol. The van der Waals surface area contributed by atoms with E-state index in [1.807, 2.05) is 0 Å². The van der Waals surface area contributed by atoms with E-state index >= 15 is 0 Å². The summed E-state index contributed by atoms with van der Waals surface area (Å²) in [6, 6.07) is 8.75. The van der Waals surface area contributed by atoms with Gasteiger partial charge in [-0.25, -0.2) is 9.37 Å². The summed E-state index contributed by atoms with van der Waals surface area (Å²) < 4.78 is 52.7. The molecule has 0 atom stereocenters. The van der Waals surface area contributed by atoms with Gasteiger partial charge in [0.05, 0.1) is 11.1 Å². The summed E-state index contributed by atoms with van der Waals surface area (Å²) in [5.74, 6) is -0.528. The van der Waals surface area contributed by atoms with Gasteiger partial charge in [-0.05, 0) is 36.4 Å². The molecule has 0 aliphatic carbocycles. The monoisotopic (exact) mass is 295 g/mol. The van der Waals surface area contributed by atoms with E-state index in [2.05, 4.69) is 4.98 Å². The number of nitrogens with two attached hydrogens (primary N) is 1. The number of nitrogens with zero attached hydrogens (tertiary/aromatic N) is 2. The van der Waals surface area contributed by atoms with Gasteiger partial charge in [0.25, 0.3) is 0 Å². The average Bonchev–Trinajstić information content (AvgIpc) is 2.76. The number of para-hydroxylation sites is 1. The van der Waals surface area contributed by atoms with Crippen LogP contribution in [0, 0.1) is 5.82 Å². The number of hydrogen-bond acceptors (Lipinski definition) is 2. The van der Waals surface area contributed by atoms with Crippen LogP contribution >= 0.6 is 0 Å². The first-order valence-electron chi connectivity index (χ1n) is 5.98. The third kappa shape index (κ3) is 2.20. The van der Waals surface area contributed by atoms with Crippen molar-refractivity contribution >= 4 is 17.0 Å². The molecule has 3 rings (SSSR count). The topological polar surface area (TPSA) is 43.8 Å². The molecule has 0 saturated carbocycles. The number of aromatic nitrogens is 2. The Balaban J connectivity index is 2.17. The van der Waals surface area contributed by atoms with E-state index in [0.717, 1.165) is 12.1 Å². The number of nitrogen functional groups attached to an aromatic ring is 1. The van der Waals surface area contributed by atoms with Gasteiger partial charge in [-0.2, -0.15) is 13.2 Å². The Morgan fingerprint density at radius 1 is 1.00 bits per heavy atom. The van der Waals surface area contributed by atoms with Gasteiger partial charge in [0.15, 0.2) is 5.82 Å². The minimum absolute atomic E-state index is 0.00913. The van der Waals surface area contributed by atoms with Crippen molar-refractivity contribution in [3.63, 3.8) is 0 Å². The van der Waals surface area contributed by atoms with E-state index in [-0.39, 0.29) is 11.5 Å². The lowest BCUT2D eigenvalue weighted by atomic mass is 10.2. The fourth-order valence-corrected chi connectivity index (χ4v) is 2.15. The van der Waals surface area contributed by atoms with Crippen molar-refractivity contribution < 1.29 is 17.6 Å². The van der Waals surface area contributed by atoms with Gasteiger partial charge in [0.1, 0.15) is 5.52 Å². The summed E-state index contributed by atoms with van der Waals surface area (Å²) in [4.78, 5) is 3.90. The lowest BCUT2D eigenvalue weighted by Gasteiger charge is -2.09. The van der Waals surface area contributed by atoms with Crippen molar-refractivity contribution in [1.82, 2.24) is 9.55 Å². The maximum atomic E-state index is 13.6. The largest absolute Gasteiger partial charge is 0.416 e. The fourth-order valence-electron chi connectivity index (χ4n) is 2.15. The second kappa shape index (κ2) is 4.47. The molecule has 0 fully saturated rings. The molecule has 0 amide bonds. The third-order valence-electron chi connectivity index (χ3n) is 3.11. The van der Waals surface area contributed by atoms with Gasteiger partial charge < -0.3 is 5.73 Å². The molecule has 2 aromatic carbocycles. The second-order valence-corrected chi connectivity index (χ2v) is 4.46. The first-order valence-corrected chi connectivity index (χ1v) is 5.98. The molecule has 1 aromatic heterocycles. The van der Waals surface area contributed by atoms with Crippen molar-refractivity contribution in [3.8, 4) is 5.69 Å². The highest BCUT2D eigenvalue weighted by Gasteiger charge is 2.30. The molecule has 3 aromatic rings. The fraction of sp³-hybridized carbons (Fsp3) is 0.0714. The minimum atomic E-state index is -4.41. The van der Waals surface area contributed by atoms with Crippen LogP contribution in [-0.4, -0.2) is 9.55 Å². The Morgan fingerprint density at radius 3 is 2.29 bits per heavy atom. The molecule has 0 bridgehead atoms. The van der Waals surface area contributed by atoms with Crippen LogP contribution in [0.15, 0.2) is 42.5 Å². The maximum absolute atomic E-state index is 13.6. The molecule has 0 radical (unpaired) electrons. The predicted molar refractivity (Wildman–Crippen MR) is 70.4 cm³/mol. The summed E-state index contributed by atoms with van der Waals surface area (Å²) >= 11 is 0. The summed E-state index contributed by atoms with van der Waals surface area (Å²) in [6.45, 7) is 0. The van der Waals surface area contributed by atoms with E-state index in [1.54, 1.807) is 6.07 Å². The molecule has 1 heterocycles. The van der Waals surface area contributed by atoms with Gasteiger partial charge in [-0.15, -0.1) is 0 Å². The Labute approximate surface area is 116 Å². The summed E-state index contributed by atoms with van der Waals surface area (Å²) in [7, 11) is 0. The zero-order chi connectivity index (χ0) is 15.2. The number of halogens is 4. The zero-order valence-corrected chi connectivity index (χ0v) is 10.5. The zero-order valence-electron chi connectivity index (χ0n) is 10.5. The van der Waals surface area contributed by atoms with E-state index in [0.29, 0.717) is 11.2 Å². The Kier molecular flexibility index (Phi) is 2.86. The van der Waals surface area contributed by atoms with Gasteiger partial charge in [-0.3, -0.25) is 4.57 Å². The molecule has 7 heteroatoms. The van der Waals surface area contributed by atoms with Gasteiger partial charge in [0.2, 0.25) is 5.95 Å². The lowest BCUT2D eigenvalue weighted by Crippen LogP contribution is -2.06. The molecular weight excluding hydrogens is 286 g/mol. The number of imidazole rings is 1. The van der Waals surface area contributed by atoms with Crippen LogP contribution in [-0.2, 0) is 6.18 Å². The highest BCUT2D eigenvalue weighted by molar-refractivity contribution is 5.81. The quantitative estimate of drug-likeness (QED) is 0.695. The van der Waals surface area contributed by atoms with Crippen LogP contribution in [0.2, 0.25) is 0 Å². The number of hydrogen-bond donors (Lipinski definition) is 1. The van der Waals surface area contributed by atoms with Crippen molar-refractivity contribution in [2.45, 2.75) is 6.18 Å². The summed E-state index contributed by atoms with van der Waals surface area (Å²) in [5.41, 5.74) is 5.83. The van der Waals surface area contributed by atoms with Crippen molar-refractivity contribution in [2.24, 2.45) is 0 Å². The SMILES string of the molecule is Nc1nc2c(F)cccc2n1-c1ccc(C(F)(F)F)cc1. The number of alkyl halides is 3. The van der Waals surface area contributed by atoms with Gasteiger partial charge in [0, 0.05) is 5.69 Å². The highest BCUT2D eigenvalue weighted by Crippen LogP contribution is 2.31. The summed E-state index contributed by atoms with van der Waals surface area (Å²) in [6.07, 6.45) is -4.41. The Hall–Kier alpha value is -2.57. The molecule has 0 aliphatic heterocycles. The van der Waals surface area contributed by atoms with E-state index in [4.69, 9.17) is 5.73 Å². The molecule has 21 heavy (non-hydrogen) atoms. The summed E-state index contributed by atoms with van der Waals surface area (Å²) in [5, 5.41) is 0. The molecule has 3 nitrogen and oxygen atoms in total. The standard InChI is InChI=1S/C14H9F4N3/c15-10-2-1-3-11-12(10)20-13(19)21(11)9-6-4-8(5-7-9)14(16,17)18/h1-7H,(H2,19,20). The number of benzene rings is 2. The molecule has 108 valence electrons. The van der Waals surface area contributed by atoms with E-state index < -0.39 is 17.6 Å². The lowest BCUT2D eigenvalue weighted by molar-refractivity contribution is -0.137. The normalized spacial score (nSPS) is 12.0. The molecule has 0 spiro atoms. The van der Waals surface area contributed by atoms with Crippen LogP contribution in [0.4, 0.5) is 23.5 Å². The number of rotatable bonds is 1. The van der Waals surface area contributed by atoms with Crippen LogP contribution in [0.5, 0.6) is 0 Å². The Bertz CT molecular complexity index is 803. The van der Waals surface area contributed by atoms with Crippen molar-refractivity contribution in [3.05, 3.63) is 53.8 Å². The van der Waals surface area contributed by atoms with Crippen LogP contribution in [0.1, 0.15) is 5.56 Å².